The van der Waals surface area contributed by atoms with Gasteiger partial charge in [0.2, 0.25) is 5.91 Å². The number of nitrogens with one attached hydrogen (secondary N) is 1. The first kappa shape index (κ1) is 19.0. The molecule has 6 heteroatoms. The Kier molecular flexibility index (Phi) is 5.85. The maximum atomic E-state index is 12.5. The number of carbonyl (C=O) groups excluding carboxylic acids is 1. The van der Waals surface area contributed by atoms with E-state index in [2.05, 4.69) is 18.6 Å². The van der Waals surface area contributed by atoms with Crippen molar-refractivity contribution >= 4 is 27.3 Å². The lowest BCUT2D eigenvalue weighted by molar-refractivity contribution is -0.116. The summed E-state index contributed by atoms with van der Waals surface area (Å²) >= 11 is 0. The highest BCUT2D eigenvalue weighted by atomic mass is 32.2. The minimum Gasteiger partial charge on any atom is -0.316 e. The normalized spacial score (nSPS) is 12.5. The minimum absolute atomic E-state index is 0.0882. The lowest BCUT2D eigenvalue weighted by atomic mass is 9.99. The third-order valence-electron chi connectivity index (χ3n) is 4.35. The highest BCUT2D eigenvalue weighted by Crippen LogP contribution is 2.23. The van der Waals surface area contributed by atoms with Crippen molar-refractivity contribution in [3.8, 4) is 0 Å². The summed E-state index contributed by atoms with van der Waals surface area (Å²) in [5, 5.41) is 0. The van der Waals surface area contributed by atoms with Crippen molar-refractivity contribution in [1.29, 1.82) is 0 Å². The maximum Gasteiger partial charge on any atom is 0.261 e. The van der Waals surface area contributed by atoms with E-state index in [1.54, 1.807) is 43.4 Å². The molecule has 2 aromatic carbocycles. The summed E-state index contributed by atoms with van der Waals surface area (Å²) in [4.78, 5) is 13.1. The number of sulfonamides is 1. The van der Waals surface area contributed by atoms with E-state index in [4.69, 9.17) is 0 Å². The van der Waals surface area contributed by atoms with E-state index in [1.807, 2.05) is 12.1 Å². The van der Waals surface area contributed by atoms with Gasteiger partial charge in [-0.1, -0.05) is 26.0 Å². The molecule has 2 aromatic rings. The van der Waals surface area contributed by atoms with Crippen LogP contribution in [0.1, 0.15) is 38.7 Å². The van der Waals surface area contributed by atoms with E-state index >= 15 is 0 Å². The summed E-state index contributed by atoms with van der Waals surface area (Å²) in [6.45, 7) is 5.69. The fourth-order valence-electron chi connectivity index (χ4n) is 2.36. The van der Waals surface area contributed by atoms with Gasteiger partial charge in [0.1, 0.15) is 0 Å². The zero-order valence-corrected chi connectivity index (χ0v) is 15.8. The van der Waals surface area contributed by atoms with Crippen molar-refractivity contribution in [3.05, 3.63) is 54.1 Å². The average molecular weight is 360 g/mol. The first-order valence-electron chi connectivity index (χ1n) is 8.21. The molecule has 0 aliphatic rings. The second-order valence-corrected chi connectivity index (χ2v) is 7.79. The number of nitrogens with zero attached hydrogens (tertiary/aromatic N) is 1. The van der Waals surface area contributed by atoms with E-state index in [1.165, 1.54) is 11.8 Å². The van der Waals surface area contributed by atoms with Crippen LogP contribution in [0.2, 0.25) is 0 Å². The third-order valence-corrected chi connectivity index (χ3v) is 5.75. The van der Waals surface area contributed by atoms with Gasteiger partial charge < -0.3 is 4.90 Å². The van der Waals surface area contributed by atoms with Gasteiger partial charge in [0.05, 0.1) is 4.90 Å². The van der Waals surface area contributed by atoms with Gasteiger partial charge in [-0.2, -0.15) is 0 Å². The summed E-state index contributed by atoms with van der Waals surface area (Å²) in [6.07, 6.45) is 1.01. The van der Waals surface area contributed by atoms with Crippen LogP contribution < -0.4 is 9.62 Å². The molecule has 0 heterocycles. The molecule has 0 saturated heterocycles. The molecule has 25 heavy (non-hydrogen) atoms. The molecular weight excluding hydrogens is 336 g/mol. The molecule has 0 aromatic heterocycles. The maximum absolute atomic E-state index is 12.5. The molecule has 0 fully saturated rings. The molecule has 1 N–H and O–H groups in total. The highest BCUT2D eigenvalue weighted by molar-refractivity contribution is 7.92. The summed E-state index contributed by atoms with van der Waals surface area (Å²) in [7, 11) is -1.98. The fraction of sp³-hybridized carbons (Fsp3) is 0.316. The Labute approximate surface area is 149 Å². The standard InChI is InChI=1S/C19H24N2O3S/c1-5-14(2)16-6-12-19(13-7-16)25(23,24)20-17-8-10-18(11-9-17)21(4)15(3)22/h6-14,20H,5H2,1-4H3/t14-/m0/s1. The van der Waals surface area contributed by atoms with Gasteiger partial charge in [-0.15, -0.1) is 0 Å². The Morgan fingerprint density at radius 1 is 1.08 bits per heavy atom. The number of carbonyl (C=O) groups is 1. The molecule has 0 aliphatic carbocycles. The van der Waals surface area contributed by atoms with Crippen molar-refractivity contribution in [2.75, 3.05) is 16.7 Å². The number of rotatable bonds is 6. The third kappa shape index (κ3) is 4.60. The van der Waals surface area contributed by atoms with Crippen LogP contribution in [0.5, 0.6) is 0 Å². The van der Waals surface area contributed by atoms with E-state index in [0.717, 1.165) is 12.0 Å². The van der Waals surface area contributed by atoms with Gasteiger partial charge in [-0.25, -0.2) is 8.42 Å². The monoisotopic (exact) mass is 360 g/mol. The number of amides is 1. The Morgan fingerprint density at radius 3 is 2.12 bits per heavy atom. The highest BCUT2D eigenvalue weighted by Gasteiger charge is 2.15. The molecule has 0 unspecified atom stereocenters. The van der Waals surface area contributed by atoms with Crippen LogP contribution in [0.15, 0.2) is 53.4 Å². The Hall–Kier alpha value is -2.34. The largest absolute Gasteiger partial charge is 0.316 e. The van der Waals surface area contributed by atoms with E-state index in [0.29, 0.717) is 17.3 Å². The molecular formula is C19H24N2O3S. The smallest absolute Gasteiger partial charge is 0.261 e. The van der Waals surface area contributed by atoms with Crippen LogP contribution in [0.25, 0.3) is 0 Å². The lowest BCUT2D eigenvalue weighted by Gasteiger charge is -2.16. The number of benzene rings is 2. The van der Waals surface area contributed by atoms with Crippen LogP contribution in [-0.2, 0) is 14.8 Å². The first-order chi connectivity index (χ1) is 11.7. The van der Waals surface area contributed by atoms with Gasteiger partial charge in [0, 0.05) is 25.3 Å². The number of hydrogen-bond donors (Lipinski definition) is 1. The number of anilines is 2. The molecule has 0 radical (unpaired) electrons. The average Bonchev–Trinajstić information content (AvgIpc) is 2.60. The van der Waals surface area contributed by atoms with Crippen molar-refractivity contribution in [1.82, 2.24) is 0 Å². The quantitative estimate of drug-likeness (QED) is 0.847. The summed E-state index contributed by atoms with van der Waals surface area (Å²) in [5.41, 5.74) is 2.28. The van der Waals surface area contributed by atoms with Crippen LogP contribution in [0, 0.1) is 0 Å². The van der Waals surface area contributed by atoms with Crippen LogP contribution >= 0.6 is 0 Å². The Bertz CT molecular complexity index is 828. The molecule has 2 rings (SSSR count). The van der Waals surface area contributed by atoms with Crippen molar-refractivity contribution in [2.24, 2.45) is 0 Å². The second-order valence-electron chi connectivity index (χ2n) is 6.11. The number of hydrogen-bond acceptors (Lipinski definition) is 3. The van der Waals surface area contributed by atoms with E-state index < -0.39 is 10.0 Å². The molecule has 1 amide bonds. The predicted octanol–water partition coefficient (Wildman–Crippen LogP) is 3.98. The van der Waals surface area contributed by atoms with Crippen LogP contribution in [0.3, 0.4) is 0 Å². The fourth-order valence-corrected chi connectivity index (χ4v) is 3.42. The van der Waals surface area contributed by atoms with Gasteiger partial charge in [-0.05, 0) is 54.3 Å². The minimum atomic E-state index is -3.64. The van der Waals surface area contributed by atoms with Gasteiger partial charge >= 0.3 is 0 Å². The zero-order chi connectivity index (χ0) is 18.6. The molecule has 0 saturated carbocycles. The molecule has 1 atom stereocenters. The molecule has 0 bridgehead atoms. The zero-order valence-electron chi connectivity index (χ0n) is 15.0. The van der Waals surface area contributed by atoms with Crippen molar-refractivity contribution in [2.45, 2.75) is 38.0 Å². The molecule has 5 nitrogen and oxygen atoms in total. The molecule has 0 spiro atoms. The predicted molar refractivity (Wildman–Crippen MR) is 101 cm³/mol. The van der Waals surface area contributed by atoms with E-state index in [9.17, 15) is 13.2 Å². The summed E-state index contributed by atoms with van der Waals surface area (Å²) in [6, 6.07) is 13.6. The molecule has 134 valence electrons. The molecule has 0 aliphatic heterocycles. The van der Waals surface area contributed by atoms with Crippen molar-refractivity contribution in [3.63, 3.8) is 0 Å². The van der Waals surface area contributed by atoms with E-state index in [-0.39, 0.29) is 10.8 Å². The van der Waals surface area contributed by atoms with Gasteiger partial charge in [0.15, 0.2) is 0 Å². The van der Waals surface area contributed by atoms with Crippen molar-refractivity contribution < 1.29 is 13.2 Å². The lowest BCUT2D eigenvalue weighted by Crippen LogP contribution is -2.22. The topological polar surface area (TPSA) is 66.5 Å². The SMILES string of the molecule is CC[C@H](C)c1ccc(S(=O)(=O)Nc2ccc(N(C)C(C)=O)cc2)cc1. The Morgan fingerprint density at radius 2 is 1.64 bits per heavy atom. The van der Waals surface area contributed by atoms with Crippen LogP contribution in [0.4, 0.5) is 11.4 Å². The first-order valence-corrected chi connectivity index (χ1v) is 9.70. The summed E-state index contributed by atoms with van der Waals surface area (Å²) < 4.78 is 27.6. The van der Waals surface area contributed by atoms with Gasteiger partial charge in [0.25, 0.3) is 10.0 Å². The van der Waals surface area contributed by atoms with Crippen LogP contribution in [-0.4, -0.2) is 21.4 Å². The second kappa shape index (κ2) is 7.70. The summed E-state index contributed by atoms with van der Waals surface area (Å²) in [5.74, 6) is 0.310. The Balaban J connectivity index is 2.17. The van der Waals surface area contributed by atoms with Gasteiger partial charge in [-0.3, -0.25) is 9.52 Å².